The van der Waals surface area contributed by atoms with Crippen molar-refractivity contribution in [3.8, 4) is 22.3 Å². The summed E-state index contributed by atoms with van der Waals surface area (Å²) in [6.07, 6.45) is 0. The van der Waals surface area contributed by atoms with Gasteiger partial charge in [-0.25, -0.2) is 0 Å². The third-order valence-corrected chi connectivity index (χ3v) is 12.0. The van der Waals surface area contributed by atoms with Gasteiger partial charge in [0.25, 0.3) is 0 Å². The van der Waals surface area contributed by atoms with Crippen LogP contribution in [0, 0.1) is 27.7 Å². The number of hydrogen-bond donors (Lipinski definition) is 0. The topological polar surface area (TPSA) is 6.48 Å². The van der Waals surface area contributed by atoms with Gasteiger partial charge in [0.05, 0.1) is 0 Å². The van der Waals surface area contributed by atoms with E-state index in [2.05, 4.69) is 211 Å². The van der Waals surface area contributed by atoms with Crippen LogP contribution in [0.2, 0.25) is 0 Å². The molecule has 0 heterocycles. The van der Waals surface area contributed by atoms with E-state index in [4.69, 9.17) is 0 Å². The van der Waals surface area contributed by atoms with E-state index in [-0.39, 0.29) is 10.8 Å². The molecule has 0 saturated carbocycles. The van der Waals surface area contributed by atoms with Crippen molar-refractivity contribution in [1.82, 2.24) is 0 Å². The fourth-order valence-electron chi connectivity index (χ4n) is 9.67. The molecule has 0 bridgehead atoms. The van der Waals surface area contributed by atoms with Crippen molar-refractivity contribution in [2.75, 3.05) is 9.80 Å². The van der Waals surface area contributed by atoms with E-state index in [0.717, 1.165) is 11.4 Å². The Hall–Kier alpha value is -5.86. The standard InChI is InChI=1S/C52H48N2/c1-33-17-15-23-39(27-33)53(37-19-11-9-12-20-37)41-29-35(3)47-43-25-26-44-48-36(4)30-42(54(38-21-13-10-14-22-38)40-24-16-18-34(2)28-40)32-46(48)52(7,8)50(44)49(43)51(5,6)45(47)31-41/h9-32H,1-8H3. The van der Waals surface area contributed by atoms with Gasteiger partial charge in [0.15, 0.2) is 0 Å². The van der Waals surface area contributed by atoms with E-state index in [1.54, 1.807) is 0 Å². The van der Waals surface area contributed by atoms with Gasteiger partial charge in [-0.15, -0.1) is 0 Å². The molecule has 2 nitrogen and oxygen atoms in total. The van der Waals surface area contributed by atoms with Crippen molar-refractivity contribution in [3.05, 3.63) is 190 Å². The number of nitrogens with zero attached hydrogens (tertiary/aromatic N) is 2. The highest BCUT2D eigenvalue weighted by atomic mass is 15.1. The second-order valence-corrected chi connectivity index (χ2v) is 16.6. The summed E-state index contributed by atoms with van der Waals surface area (Å²) in [5, 5.41) is 0. The molecule has 0 saturated heterocycles. The number of hydrogen-bond acceptors (Lipinski definition) is 2. The molecule has 54 heavy (non-hydrogen) atoms. The Kier molecular flexibility index (Phi) is 7.76. The molecular formula is C52H48N2. The Morgan fingerprint density at radius 1 is 0.352 bits per heavy atom. The molecule has 0 fully saturated rings. The molecule has 2 heteroatoms. The van der Waals surface area contributed by atoms with Gasteiger partial charge in [0, 0.05) is 45.0 Å². The smallest absolute Gasteiger partial charge is 0.0467 e. The highest BCUT2D eigenvalue weighted by Crippen LogP contribution is 2.61. The third-order valence-electron chi connectivity index (χ3n) is 12.0. The molecule has 0 amide bonds. The Morgan fingerprint density at radius 3 is 1.09 bits per heavy atom. The van der Waals surface area contributed by atoms with Crippen LogP contribution in [0.15, 0.2) is 146 Å². The van der Waals surface area contributed by atoms with E-state index >= 15 is 0 Å². The van der Waals surface area contributed by atoms with Crippen LogP contribution in [0.25, 0.3) is 22.3 Å². The minimum absolute atomic E-state index is 0.209. The molecule has 0 atom stereocenters. The minimum Gasteiger partial charge on any atom is -0.310 e. The molecule has 0 N–H and O–H groups in total. The average molecular weight is 701 g/mol. The van der Waals surface area contributed by atoms with Gasteiger partial charge in [0.1, 0.15) is 0 Å². The number of rotatable bonds is 6. The summed E-state index contributed by atoms with van der Waals surface area (Å²) in [4.78, 5) is 4.84. The Bertz CT molecular complexity index is 2410. The van der Waals surface area contributed by atoms with Gasteiger partial charge in [-0.2, -0.15) is 0 Å². The minimum atomic E-state index is -0.209. The van der Waals surface area contributed by atoms with Crippen LogP contribution >= 0.6 is 0 Å². The van der Waals surface area contributed by atoms with Gasteiger partial charge in [-0.3, -0.25) is 0 Å². The van der Waals surface area contributed by atoms with Crippen LogP contribution in [0.3, 0.4) is 0 Å². The van der Waals surface area contributed by atoms with E-state index in [0.29, 0.717) is 0 Å². The summed E-state index contributed by atoms with van der Waals surface area (Å²) in [5.74, 6) is 0. The number of fused-ring (bicyclic) bond motifs is 7. The number of benzene rings is 7. The number of aryl methyl sites for hydroxylation is 4. The quantitative estimate of drug-likeness (QED) is 0.170. The summed E-state index contributed by atoms with van der Waals surface area (Å²) >= 11 is 0. The third kappa shape index (κ3) is 5.15. The van der Waals surface area contributed by atoms with Crippen LogP contribution < -0.4 is 9.80 Å². The molecule has 0 spiro atoms. The summed E-state index contributed by atoms with van der Waals surface area (Å²) in [7, 11) is 0. The monoisotopic (exact) mass is 700 g/mol. The molecule has 2 aliphatic rings. The molecule has 7 aromatic carbocycles. The summed E-state index contributed by atoms with van der Waals surface area (Å²) < 4.78 is 0. The second-order valence-electron chi connectivity index (χ2n) is 16.6. The van der Waals surface area contributed by atoms with Gasteiger partial charge in [0.2, 0.25) is 0 Å². The highest BCUT2D eigenvalue weighted by molar-refractivity contribution is 5.95. The zero-order chi connectivity index (χ0) is 37.5. The fraction of sp³-hybridized carbons (Fsp3) is 0.192. The molecule has 7 aromatic rings. The van der Waals surface area contributed by atoms with Crippen LogP contribution in [-0.4, -0.2) is 0 Å². The zero-order valence-electron chi connectivity index (χ0n) is 32.8. The SMILES string of the molecule is Cc1cccc(N(c2ccccc2)c2cc(C)c3c(c2)C(C)(C)c2c-3ccc3c2C(C)(C)c2cc(N(c4ccccc4)c4cccc(C)c4)cc(C)c2-3)c1. The molecule has 0 radical (unpaired) electrons. The normalized spacial score (nSPS) is 14.2. The number of para-hydroxylation sites is 2. The summed E-state index contributed by atoms with van der Waals surface area (Å²) in [5.41, 5.74) is 23.0. The van der Waals surface area contributed by atoms with Crippen molar-refractivity contribution in [1.29, 1.82) is 0 Å². The van der Waals surface area contributed by atoms with Crippen molar-refractivity contribution in [3.63, 3.8) is 0 Å². The van der Waals surface area contributed by atoms with E-state index in [1.807, 2.05) is 0 Å². The predicted octanol–water partition coefficient (Wildman–Crippen LogP) is 14.5. The van der Waals surface area contributed by atoms with Crippen molar-refractivity contribution in [2.24, 2.45) is 0 Å². The molecule has 266 valence electrons. The fourth-order valence-corrected chi connectivity index (χ4v) is 9.67. The lowest BCUT2D eigenvalue weighted by Gasteiger charge is -2.32. The van der Waals surface area contributed by atoms with Gasteiger partial charge in [-0.1, -0.05) is 100 Å². The lowest BCUT2D eigenvalue weighted by molar-refractivity contribution is 0.601. The Morgan fingerprint density at radius 2 is 0.722 bits per heavy atom. The lowest BCUT2D eigenvalue weighted by Crippen LogP contribution is -2.24. The maximum absolute atomic E-state index is 2.47. The van der Waals surface area contributed by atoms with E-state index < -0.39 is 0 Å². The maximum Gasteiger partial charge on any atom is 0.0467 e. The van der Waals surface area contributed by atoms with Crippen LogP contribution in [0.1, 0.15) is 72.2 Å². The predicted molar refractivity (Wildman–Crippen MR) is 230 cm³/mol. The Labute approximate surface area is 321 Å². The highest BCUT2D eigenvalue weighted by Gasteiger charge is 2.47. The molecule has 2 aliphatic carbocycles. The summed E-state index contributed by atoms with van der Waals surface area (Å²) in [6, 6.07) is 53.9. The number of anilines is 6. The second kappa shape index (κ2) is 12.4. The van der Waals surface area contributed by atoms with Gasteiger partial charge < -0.3 is 9.80 Å². The molecule has 0 aromatic heterocycles. The first-order valence-corrected chi connectivity index (χ1v) is 19.3. The van der Waals surface area contributed by atoms with Crippen LogP contribution in [0.5, 0.6) is 0 Å². The van der Waals surface area contributed by atoms with Gasteiger partial charge >= 0.3 is 0 Å². The average Bonchev–Trinajstić information content (AvgIpc) is 3.52. The first-order valence-electron chi connectivity index (χ1n) is 19.3. The van der Waals surface area contributed by atoms with Crippen LogP contribution in [0.4, 0.5) is 34.1 Å². The Balaban J connectivity index is 1.21. The first kappa shape index (κ1) is 33.9. The van der Waals surface area contributed by atoms with Crippen LogP contribution in [-0.2, 0) is 10.8 Å². The molecular weight excluding hydrogens is 653 g/mol. The van der Waals surface area contributed by atoms with Crippen molar-refractivity contribution >= 4 is 34.1 Å². The van der Waals surface area contributed by atoms with Gasteiger partial charge in [-0.05, 0) is 167 Å². The largest absolute Gasteiger partial charge is 0.310 e. The van der Waals surface area contributed by atoms with Crippen molar-refractivity contribution < 1.29 is 0 Å². The molecule has 0 unspecified atom stereocenters. The summed E-state index contributed by atoms with van der Waals surface area (Å²) in [6.45, 7) is 18.8. The maximum atomic E-state index is 2.47. The molecule has 9 rings (SSSR count). The first-order chi connectivity index (χ1) is 25.9. The zero-order valence-corrected chi connectivity index (χ0v) is 32.8. The van der Waals surface area contributed by atoms with Crippen molar-refractivity contribution in [2.45, 2.75) is 66.2 Å². The van der Waals surface area contributed by atoms with E-state index in [1.165, 1.54) is 89.5 Å². The van der Waals surface area contributed by atoms with E-state index in [9.17, 15) is 0 Å². The lowest BCUT2D eigenvalue weighted by atomic mass is 9.72. The molecule has 0 aliphatic heterocycles.